The molecule has 1 rings (SSSR count). The molecule has 0 radical (unpaired) electrons. The molecule has 1 aromatic rings. The topological polar surface area (TPSA) is 65.2 Å². The van der Waals surface area contributed by atoms with Gasteiger partial charge in [0.15, 0.2) is 0 Å². The standard InChI is InChI=1S/C5H6N2O2S/c6-5(8)9-1-4-2-10-3-7-4/h2-3H,1H2,(H2,6,8). The normalized spacial score (nSPS) is 9.20. The Morgan fingerprint density at radius 3 is 3.20 bits per heavy atom. The van der Waals surface area contributed by atoms with Gasteiger partial charge in [-0.05, 0) is 0 Å². The summed E-state index contributed by atoms with van der Waals surface area (Å²) in [4.78, 5) is 13.9. The highest BCUT2D eigenvalue weighted by atomic mass is 32.1. The fourth-order valence-corrected chi connectivity index (χ4v) is 0.997. The second-order valence-electron chi connectivity index (χ2n) is 1.59. The van der Waals surface area contributed by atoms with Crippen LogP contribution in [-0.2, 0) is 11.3 Å². The third kappa shape index (κ3) is 2.02. The highest BCUT2D eigenvalue weighted by molar-refractivity contribution is 7.07. The number of carbonyl (C=O) groups is 1. The molecule has 0 saturated heterocycles. The van der Waals surface area contributed by atoms with Crippen LogP contribution in [0.2, 0.25) is 0 Å². The zero-order valence-corrected chi connectivity index (χ0v) is 5.93. The largest absolute Gasteiger partial charge is 0.443 e. The van der Waals surface area contributed by atoms with Crippen molar-refractivity contribution >= 4 is 17.4 Å². The third-order valence-corrected chi connectivity index (χ3v) is 1.48. The number of nitrogens with zero attached hydrogens (tertiary/aromatic N) is 1. The Bertz CT molecular complexity index is 209. The predicted molar refractivity (Wildman–Crippen MR) is 36.5 cm³/mol. The molecule has 0 fully saturated rings. The Morgan fingerprint density at radius 1 is 1.90 bits per heavy atom. The van der Waals surface area contributed by atoms with Crippen LogP contribution in [0.3, 0.4) is 0 Å². The predicted octanol–water partition coefficient (Wildman–Crippen LogP) is 0.738. The number of amides is 1. The van der Waals surface area contributed by atoms with Crippen LogP contribution in [0.25, 0.3) is 0 Å². The summed E-state index contributed by atoms with van der Waals surface area (Å²) in [6.07, 6.45) is -0.770. The summed E-state index contributed by atoms with van der Waals surface area (Å²) in [6, 6.07) is 0. The number of rotatable bonds is 2. The average molecular weight is 158 g/mol. The van der Waals surface area contributed by atoms with E-state index in [4.69, 9.17) is 5.73 Å². The van der Waals surface area contributed by atoms with Crippen molar-refractivity contribution in [2.24, 2.45) is 5.73 Å². The molecule has 0 aliphatic rings. The first-order valence-corrected chi connectivity index (χ1v) is 3.52. The number of ether oxygens (including phenoxy) is 1. The lowest BCUT2D eigenvalue weighted by Gasteiger charge is -1.94. The molecule has 0 spiro atoms. The molecular formula is C5H6N2O2S. The molecular weight excluding hydrogens is 152 g/mol. The second kappa shape index (κ2) is 3.17. The van der Waals surface area contributed by atoms with Crippen molar-refractivity contribution in [3.8, 4) is 0 Å². The van der Waals surface area contributed by atoms with Crippen molar-refractivity contribution < 1.29 is 9.53 Å². The first kappa shape index (κ1) is 7.01. The molecule has 4 nitrogen and oxygen atoms in total. The van der Waals surface area contributed by atoms with E-state index in [0.717, 1.165) is 5.69 Å². The van der Waals surface area contributed by atoms with Gasteiger partial charge in [0.2, 0.25) is 0 Å². The molecule has 10 heavy (non-hydrogen) atoms. The summed E-state index contributed by atoms with van der Waals surface area (Å²) in [7, 11) is 0. The van der Waals surface area contributed by atoms with Gasteiger partial charge in [0, 0.05) is 5.38 Å². The van der Waals surface area contributed by atoms with E-state index in [2.05, 4.69) is 9.72 Å². The van der Waals surface area contributed by atoms with Gasteiger partial charge in [-0.25, -0.2) is 9.78 Å². The Labute approximate surface area is 61.6 Å². The molecule has 0 atom stereocenters. The van der Waals surface area contributed by atoms with Crippen LogP contribution in [0.1, 0.15) is 5.69 Å². The molecule has 5 heteroatoms. The van der Waals surface area contributed by atoms with Gasteiger partial charge < -0.3 is 10.5 Å². The Balaban J connectivity index is 2.35. The average Bonchev–Trinajstić information content (AvgIpc) is 2.34. The number of carbonyl (C=O) groups excluding carboxylic acids is 1. The SMILES string of the molecule is NC(=O)OCc1cscn1. The van der Waals surface area contributed by atoms with Gasteiger partial charge in [-0.3, -0.25) is 0 Å². The zero-order valence-electron chi connectivity index (χ0n) is 5.11. The molecule has 54 valence electrons. The summed E-state index contributed by atoms with van der Waals surface area (Å²) in [5.74, 6) is 0. The molecule has 0 saturated carbocycles. The van der Waals surface area contributed by atoms with Crippen LogP contribution < -0.4 is 5.73 Å². The van der Waals surface area contributed by atoms with Crippen molar-refractivity contribution in [2.45, 2.75) is 6.61 Å². The van der Waals surface area contributed by atoms with Gasteiger partial charge >= 0.3 is 6.09 Å². The maximum Gasteiger partial charge on any atom is 0.404 e. The summed E-state index contributed by atoms with van der Waals surface area (Å²) in [5.41, 5.74) is 7.12. The molecule has 1 amide bonds. The van der Waals surface area contributed by atoms with Crippen LogP contribution >= 0.6 is 11.3 Å². The van der Waals surface area contributed by atoms with E-state index in [1.54, 1.807) is 10.9 Å². The van der Waals surface area contributed by atoms with Crippen LogP contribution in [0.4, 0.5) is 4.79 Å². The third-order valence-electron chi connectivity index (χ3n) is 0.846. The number of primary amides is 1. The lowest BCUT2D eigenvalue weighted by atomic mass is 10.5. The molecule has 0 aromatic carbocycles. The molecule has 0 unspecified atom stereocenters. The van der Waals surface area contributed by atoms with Gasteiger partial charge in [-0.15, -0.1) is 11.3 Å². The highest BCUT2D eigenvalue weighted by Crippen LogP contribution is 2.01. The van der Waals surface area contributed by atoms with Crippen molar-refractivity contribution in [2.75, 3.05) is 0 Å². The van der Waals surface area contributed by atoms with Crippen LogP contribution in [0.5, 0.6) is 0 Å². The summed E-state index contributed by atoms with van der Waals surface area (Å²) in [5, 5.41) is 1.79. The van der Waals surface area contributed by atoms with Gasteiger partial charge in [0.05, 0.1) is 11.2 Å². The number of hydrogen-bond donors (Lipinski definition) is 1. The summed E-state index contributed by atoms with van der Waals surface area (Å²) >= 11 is 1.45. The Kier molecular flexibility index (Phi) is 2.22. The summed E-state index contributed by atoms with van der Waals surface area (Å²) in [6.45, 7) is 0.166. The fourth-order valence-electron chi connectivity index (χ4n) is 0.454. The minimum absolute atomic E-state index is 0.166. The fraction of sp³-hybridized carbons (Fsp3) is 0.200. The molecule has 2 N–H and O–H groups in total. The number of thiazole rings is 1. The van der Waals surface area contributed by atoms with E-state index in [1.807, 2.05) is 0 Å². The maximum atomic E-state index is 10.1. The van der Waals surface area contributed by atoms with E-state index in [9.17, 15) is 4.79 Å². The van der Waals surface area contributed by atoms with Gasteiger partial charge in [-0.1, -0.05) is 0 Å². The lowest BCUT2D eigenvalue weighted by molar-refractivity contribution is 0.149. The van der Waals surface area contributed by atoms with E-state index < -0.39 is 6.09 Å². The molecule has 1 heterocycles. The number of aromatic nitrogens is 1. The van der Waals surface area contributed by atoms with Crippen molar-refractivity contribution in [1.82, 2.24) is 4.98 Å². The maximum absolute atomic E-state index is 10.1. The minimum Gasteiger partial charge on any atom is -0.443 e. The molecule has 1 aromatic heterocycles. The Morgan fingerprint density at radius 2 is 2.70 bits per heavy atom. The monoisotopic (exact) mass is 158 g/mol. The van der Waals surface area contributed by atoms with Gasteiger partial charge in [-0.2, -0.15) is 0 Å². The van der Waals surface area contributed by atoms with E-state index in [0.29, 0.717) is 0 Å². The van der Waals surface area contributed by atoms with Crippen LogP contribution in [0.15, 0.2) is 10.9 Å². The second-order valence-corrected chi connectivity index (χ2v) is 2.31. The van der Waals surface area contributed by atoms with Gasteiger partial charge in [0.25, 0.3) is 0 Å². The summed E-state index contributed by atoms with van der Waals surface area (Å²) < 4.78 is 4.47. The molecule has 0 aliphatic carbocycles. The number of nitrogens with two attached hydrogens (primary N) is 1. The lowest BCUT2D eigenvalue weighted by Crippen LogP contribution is -2.12. The van der Waals surface area contributed by atoms with E-state index >= 15 is 0 Å². The van der Waals surface area contributed by atoms with Crippen molar-refractivity contribution in [3.05, 3.63) is 16.6 Å². The molecule has 0 aliphatic heterocycles. The van der Waals surface area contributed by atoms with E-state index in [-0.39, 0.29) is 6.61 Å². The van der Waals surface area contributed by atoms with Gasteiger partial charge in [0.1, 0.15) is 6.61 Å². The van der Waals surface area contributed by atoms with E-state index in [1.165, 1.54) is 11.3 Å². The minimum atomic E-state index is -0.770. The molecule has 0 bridgehead atoms. The zero-order chi connectivity index (χ0) is 7.40. The van der Waals surface area contributed by atoms with Crippen molar-refractivity contribution in [1.29, 1.82) is 0 Å². The Hall–Kier alpha value is -1.10. The first-order valence-electron chi connectivity index (χ1n) is 2.58. The first-order chi connectivity index (χ1) is 4.79. The van der Waals surface area contributed by atoms with Crippen molar-refractivity contribution in [3.63, 3.8) is 0 Å². The van der Waals surface area contributed by atoms with Crippen LogP contribution in [0, 0.1) is 0 Å². The quantitative estimate of drug-likeness (QED) is 0.690. The smallest absolute Gasteiger partial charge is 0.404 e. The number of hydrogen-bond acceptors (Lipinski definition) is 4. The van der Waals surface area contributed by atoms with Crippen LogP contribution in [-0.4, -0.2) is 11.1 Å². The highest BCUT2D eigenvalue weighted by Gasteiger charge is 1.96.